The first-order chi connectivity index (χ1) is 7.90. The van der Waals surface area contributed by atoms with E-state index in [4.69, 9.17) is 16.7 Å². The van der Waals surface area contributed by atoms with Gasteiger partial charge in [0.15, 0.2) is 0 Å². The summed E-state index contributed by atoms with van der Waals surface area (Å²) in [4.78, 5) is 3.75. The van der Waals surface area contributed by atoms with E-state index in [1.54, 1.807) is 7.05 Å². The van der Waals surface area contributed by atoms with Gasteiger partial charge in [-0.1, -0.05) is 11.6 Å². The van der Waals surface area contributed by atoms with Crippen LogP contribution in [0.4, 0.5) is 0 Å². The first-order valence-electron chi connectivity index (χ1n) is 5.18. The summed E-state index contributed by atoms with van der Waals surface area (Å²) >= 11 is 5.82. The highest BCUT2D eigenvalue weighted by Crippen LogP contribution is 2.44. The Balaban J connectivity index is 2.12. The molecule has 1 saturated carbocycles. The van der Waals surface area contributed by atoms with Gasteiger partial charge < -0.3 is 9.67 Å². The van der Waals surface area contributed by atoms with Crippen LogP contribution in [0.5, 0.6) is 0 Å². The summed E-state index contributed by atoms with van der Waals surface area (Å²) in [5, 5.41) is 9.01. The standard InChI is InChI=1S/C9H14ClN3O3S/c1-13-6-11-8(7(13)10)17(15,16)12-4-9(5-14)2-3-9/h6,12,14H,2-5H2,1H3. The maximum atomic E-state index is 11.9. The second-order valence-corrected chi connectivity index (χ2v) is 6.47. The number of hydrogen-bond acceptors (Lipinski definition) is 4. The van der Waals surface area contributed by atoms with Gasteiger partial charge in [-0.25, -0.2) is 18.1 Å². The predicted molar refractivity (Wildman–Crippen MR) is 62.2 cm³/mol. The highest BCUT2D eigenvalue weighted by molar-refractivity contribution is 7.89. The molecule has 1 aliphatic carbocycles. The molecule has 0 saturated heterocycles. The molecular formula is C9H14ClN3O3S. The molecule has 0 bridgehead atoms. The van der Waals surface area contributed by atoms with E-state index in [0.717, 1.165) is 12.8 Å². The Morgan fingerprint density at radius 1 is 1.65 bits per heavy atom. The second-order valence-electron chi connectivity index (χ2n) is 4.43. The molecule has 1 heterocycles. The maximum absolute atomic E-state index is 11.9. The molecule has 96 valence electrons. The summed E-state index contributed by atoms with van der Waals surface area (Å²) in [6, 6.07) is 0. The molecule has 6 nitrogen and oxygen atoms in total. The molecule has 0 amide bonds. The molecule has 0 aromatic carbocycles. The zero-order valence-electron chi connectivity index (χ0n) is 9.35. The van der Waals surface area contributed by atoms with E-state index in [9.17, 15) is 8.42 Å². The van der Waals surface area contributed by atoms with Gasteiger partial charge in [-0.05, 0) is 12.8 Å². The molecule has 0 aliphatic heterocycles. The minimum Gasteiger partial charge on any atom is -0.396 e. The average Bonchev–Trinajstić information content (AvgIpc) is 2.99. The van der Waals surface area contributed by atoms with E-state index in [-0.39, 0.29) is 28.7 Å². The summed E-state index contributed by atoms with van der Waals surface area (Å²) in [5.74, 6) is 0. The van der Waals surface area contributed by atoms with Gasteiger partial charge in [0.05, 0.1) is 6.33 Å². The molecule has 1 aromatic rings. The molecule has 2 N–H and O–H groups in total. The second kappa shape index (κ2) is 4.24. The molecule has 0 radical (unpaired) electrons. The van der Waals surface area contributed by atoms with Crippen LogP contribution in [0.2, 0.25) is 5.15 Å². The van der Waals surface area contributed by atoms with E-state index in [0.29, 0.717) is 0 Å². The van der Waals surface area contributed by atoms with Crippen molar-refractivity contribution in [2.75, 3.05) is 13.2 Å². The lowest BCUT2D eigenvalue weighted by atomic mass is 10.1. The van der Waals surface area contributed by atoms with Crippen molar-refractivity contribution in [1.29, 1.82) is 0 Å². The third-order valence-electron chi connectivity index (χ3n) is 3.02. The highest BCUT2D eigenvalue weighted by atomic mass is 35.5. The van der Waals surface area contributed by atoms with Crippen molar-refractivity contribution in [3.63, 3.8) is 0 Å². The molecule has 1 aliphatic rings. The Kier molecular flexibility index (Phi) is 3.19. The summed E-state index contributed by atoms with van der Waals surface area (Å²) < 4.78 is 27.7. The smallest absolute Gasteiger partial charge is 0.261 e. The van der Waals surface area contributed by atoms with Gasteiger partial charge in [0.2, 0.25) is 5.03 Å². The van der Waals surface area contributed by atoms with Crippen molar-refractivity contribution in [2.24, 2.45) is 12.5 Å². The number of nitrogens with one attached hydrogen (secondary N) is 1. The van der Waals surface area contributed by atoms with Crippen LogP contribution in [-0.2, 0) is 17.1 Å². The number of aliphatic hydroxyl groups is 1. The topological polar surface area (TPSA) is 84.2 Å². The fourth-order valence-electron chi connectivity index (χ4n) is 1.46. The van der Waals surface area contributed by atoms with E-state index >= 15 is 0 Å². The van der Waals surface area contributed by atoms with E-state index in [1.165, 1.54) is 10.9 Å². The summed E-state index contributed by atoms with van der Waals surface area (Å²) in [6.45, 7) is 0.213. The Hall–Kier alpha value is -0.630. The van der Waals surface area contributed by atoms with Crippen LogP contribution in [0.1, 0.15) is 12.8 Å². The average molecular weight is 280 g/mol. The van der Waals surface area contributed by atoms with Crippen molar-refractivity contribution in [1.82, 2.24) is 14.3 Å². The van der Waals surface area contributed by atoms with Crippen molar-refractivity contribution in [3.05, 3.63) is 11.5 Å². The number of aromatic nitrogens is 2. The van der Waals surface area contributed by atoms with Gasteiger partial charge in [-0.2, -0.15) is 0 Å². The van der Waals surface area contributed by atoms with Crippen LogP contribution in [0, 0.1) is 5.41 Å². The largest absolute Gasteiger partial charge is 0.396 e. The van der Waals surface area contributed by atoms with Crippen LogP contribution in [-0.4, -0.2) is 36.2 Å². The van der Waals surface area contributed by atoms with Crippen LogP contribution in [0.3, 0.4) is 0 Å². The number of nitrogens with zero attached hydrogens (tertiary/aromatic N) is 2. The van der Waals surface area contributed by atoms with Crippen LogP contribution < -0.4 is 4.72 Å². The molecule has 2 rings (SSSR count). The Morgan fingerprint density at radius 2 is 2.29 bits per heavy atom. The zero-order chi connectivity index (χ0) is 12.7. The molecule has 0 atom stereocenters. The van der Waals surface area contributed by atoms with Gasteiger partial charge in [-0.3, -0.25) is 0 Å². The van der Waals surface area contributed by atoms with Gasteiger partial charge in [0.25, 0.3) is 10.0 Å². The van der Waals surface area contributed by atoms with Crippen molar-refractivity contribution in [2.45, 2.75) is 17.9 Å². The quantitative estimate of drug-likeness (QED) is 0.802. The first-order valence-corrected chi connectivity index (χ1v) is 7.04. The van der Waals surface area contributed by atoms with Crippen LogP contribution in [0.25, 0.3) is 0 Å². The summed E-state index contributed by atoms with van der Waals surface area (Å²) in [5.41, 5.74) is -0.283. The Labute approximate surface area is 105 Å². The normalized spacial score (nSPS) is 18.3. The number of rotatable bonds is 5. The Bertz CT molecular complexity index is 522. The van der Waals surface area contributed by atoms with E-state index < -0.39 is 10.0 Å². The summed E-state index contributed by atoms with van der Waals surface area (Å²) in [7, 11) is -2.08. The minimum absolute atomic E-state index is 0.00846. The maximum Gasteiger partial charge on any atom is 0.261 e. The fourth-order valence-corrected chi connectivity index (χ4v) is 3.04. The number of aliphatic hydroxyl groups excluding tert-OH is 1. The first kappa shape index (κ1) is 12.8. The van der Waals surface area contributed by atoms with Crippen molar-refractivity contribution < 1.29 is 13.5 Å². The third kappa shape index (κ3) is 2.47. The lowest BCUT2D eigenvalue weighted by molar-refractivity contribution is 0.213. The van der Waals surface area contributed by atoms with Gasteiger partial charge >= 0.3 is 0 Å². The molecular weight excluding hydrogens is 266 g/mol. The van der Waals surface area contributed by atoms with Crippen molar-refractivity contribution in [3.8, 4) is 0 Å². The monoisotopic (exact) mass is 279 g/mol. The third-order valence-corrected chi connectivity index (χ3v) is 4.91. The SMILES string of the molecule is Cn1cnc(S(=O)(=O)NCC2(CO)CC2)c1Cl. The predicted octanol–water partition coefficient (Wildman–Crippen LogP) is 0.124. The molecule has 0 spiro atoms. The lowest BCUT2D eigenvalue weighted by Crippen LogP contribution is -2.32. The fraction of sp³-hybridized carbons (Fsp3) is 0.667. The van der Waals surface area contributed by atoms with Gasteiger partial charge in [0, 0.05) is 25.6 Å². The van der Waals surface area contributed by atoms with E-state index in [2.05, 4.69) is 9.71 Å². The molecule has 1 fully saturated rings. The lowest BCUT2D eigenvalue weighted by Gasteiger charge is -2.12. The number of halogens is 1. The number of sulfonamides is 1. The van der Waals surface area contributed by atoms with Gasteiger partial charge in [-0.15, -0.1) is 0 Å². The van der Waals surface area contributed by atoms with Gasteiger partial charge in [0.1, 0.15) is 5.15 Å². The zero-order valence-corrected chi connectivity index (χ0v) is 10.9. The summed E-state index contributed by atoms with van der Waals surface area (Å²) in [6.07, 6.45) is 3.01. The molecule has 0 unspecified atom stereocenters. The van der Waals surface area contributed by atoms with Crippen molar-refractivity contribution >= 4 is 21.6 Å². The van der Waals surface area contributed by atoms with E-state index in [1.807, 2.05) is 0 Å². The van der Waals surface area contributed by atoms with Crippen LogP contribution >= 0.6 is 11.6 Å². The number of hydrogen-bond donors (Lipinski definition) is 2. The Morgan fingerprint density at radius 3 is 2.71 bits per heavy atom. The molecule has 8 heteroatoms. The number of aryl methyl sites for hydroxylation is 1. The van der Waals surface area contributed by atoms with Crippen LogP contribution in [0.15, 0.2) is 11.4 Å². The minimum atomic E-state index is -3.70. The number of imidazole rings is 1. The highest BCUT2D eigenvalue weighted by Gasteiger charge is 2.43. The molecule has 1 aromatic heterocycles. The molecule has 17 heavy (non-hydrogen) atoms.